The number of hydrogen-bond acceptors (Lipinski definition) is 3. The Morgan fingerprint density at radius 3 is 3.00 bits per heavy atom. The van der Waals surface area contributed by atoms with E-state index in [0.29, 0.717) is 0 Å². The first-order valence-corrected chi connectivity index (χ1v) is 5.93. The summed E-state index contributed by atoms with van der Waals surface area (Å²) in [6.45, 7) is 2.37. The lowest BCUT2D eigenvalue weighted by Gasteiger charge is -2.03. The van der Waals surface area contributed by atoms with Crippen LogP contribution in [0.15, 0.2) is 22.2 Å². The molecule has 0 radical (unpaired) electrons. The normalized spacial score (nSPS) is 14.3. The number of ether oxygens (including phenoxy) is 2. The molecular formula is C12H13BrO3. The third kappa shape index (κ3) is 2.23. The van der Waals surface area contributed by atoms with Crippen molar-refractivity contribution in [3.63, 3.8) is 0 Å². The summed E-state index contributed by atoms with van der Waals surface area (Å²) >= 11 is 3.44. The van der Waals surface area contributed by atoms with E-state index in [1.165, 1.54) is 0 Å². The molecule has 0 fully saturated rings. The fourth-order valence-corrected chi connectivity index (χ4v) is 2.14. The van der Waals surface area contributed by atoms with Crippen molar-refractivity contribution in [2.24, 2.45) is 0 Å². The molecule has 0 amide bonds. The first-order valence-electron chi connectivity index (χ1n) is 5.14. The fraction of sp³-hybridized carbons (Fsp3) is 0.333. The van der Waals surface area contributed by atoms with Crippen molar-refractivity contribution in [2.45, 2.75) is 13.3 Å². The van der Waals surface area contributed by atoms with Gasteiger partial charge in [0.15, 0.2) is 11.5 Å². The van der Waals surface area contributed by atoms with Gasteiger partial charge in [-0.25, -0.2) is 0 Å². The predicted octanol–water partition coefficient (Wildman–Crippen LogP) is 2.96. The molecule has 4 heteroatoms. The molecule has 1 N–H and O–H groups in total. The molecule has 0 aromatic heterocycles. The van der Waals surface area contributed by atoms with Gasteiger partial charge in [0.05, 0.1) is 11.1 Å². The lowest BCUT2D eigenvalue weighted by atomic mass is 10.1. The van der Waals surface area contributed by atoms with Crippen molar-refractivity contribution in [2.75, 3.05) is 13.4 Å². The number of benzene rings is 1. The van der Waals surface area contributed by atoms with E-state index >= 15 is 0 Å². The maximum Gasteiger partial charge on any atom is 0.231 e. The van der Waals surface area contributed by atoms with Gasteiger partial charge < -0.3 is 14.6 Å². The third-order valence-corrected chi connectivity index (χ3v) is 3.07. The SMILES string of the molecule is CCC(=Cc1cc(Br)c2c(c1)OCO2)CO. The van der Waals surface area contributed by atoms with Crippen LogP contribution in [0, 0.1) is 0 Å². The Kier molecular flexibility index (Phi) is 3.51. The van der Waals surface area contributed by atoms with Crippen molar-refractivity contribution >= 4 is 22.0 Å². The highest BCUT2D eigenvalue weighted by molar-refractivity contribution is 9.10. The molecule has 86 valence electrons. The van der Waals surface area contributed by atoms with E-state index in [2.05, 4.69) is 15.9 Å². The molecule has 0 saturated heterocycles. The van der Waals surface area contributed by atoms with Gasteiger partial charge in [0.25, 0.3) is 0 Å². The van der Waals surface area contributed by atoms with Crippen molar-refractivity contribution in [3.05, 3.63) is 27.7 Å². The van der Waals surface area contributed by atoms with Gasteiger partial charge in [0.1, 0.15) is 0 Å². The van der Waals surface area contributed by atoms with Crippen molar-refractivity contribution in [1.29, 1.82) is 0 Å². The van der Waals surface area contributed by atoms with Crippen LogP contribution < -0.4 is 9.47 Å². The van der Waals surface area contributed by atoms with Crippen LogP contribution in [0.5, 0.6) is 11.5 Å². The number of halogens is 1. The van der Waals surface area contributed by atoms with Crippen LogP contribution in [-0.2, 0) is 0 Å². The molecule has 3 nitrogen and oxygen atoms in total. The van der Waals surface area contributed by atoms with Gasteiger partial charge in [-0.1, -0.05) is 13.0 Å². The molecule has 1 aromatic carbocycles. The molecule has 0 atom stereocenters. The summed E-state index contributed by atoms with van der Waals surface area (Å²) in [4.78, 5) is 0. The zero-order valence-electron chi connectivity index (χ0n) is 9.00. The topological polar surface area (TPSA) is 38.7 Å². The zero-order valence-corrected chi connectivity index (χ0v) is 10.6. The number of fused-ring (bicyclic) bond motifs is 1. The van der Waals surface area contributed by atoms with E-state index in [9.17, 15) is 0 Å². The highest BCUT2D eigenvalue weighted by atomic mass is 79.9. The van der Waals surface area contributed by atoms with Gasteiger partial charge in [-0.15, -0.1) is 0 Å². The largest absolute Gasteiger partial charge is 0.454 e. The molecular weight excluding hydrogens is 272 g/mol. The van der Waals surface area contributed by atoms with Crippen LogP contribution in [0.25, 0.3) is 6.08 Å². The summed E-state index contributed by atoms with van der Waals surface area (Å²) in [7, 11) is 0. The second-order valence-corrected chi connectivity index (χ2v) is 4.41. The van der Waals surface area contributed by atoms with Crippen molar-refractivity contribution in [1.82, 2.24) is 0 Å². The number of hydrogen-bond donors (Lipinski definition) is 1. The van der Waals surface area contributed by atoms with E-state index in [0.717, 1.165) is 33.5 Å². The molecule has 0 aliphatic carbocycles. The van der Waals surface area contributed by atoms with Crippen LogP contribution in [-0.4, -0.2) is 18.5 Å². The minimum atomic E-state index is 0.0859. The Morgan fingerprint density at radius 2 is 2.31 bits per heavy atom. The number of rotatable bonds is 3. The second-order valence-electron chi connectivity index (χ2n) is 3.55. The molecule has 1 aromatic rings. The maximum absolute atomic E-state index is 9.11. The Morgan fingerprint density at radius 1 is 1.50 bits per heavy atom. The minimum absolute atomic E-state index is 0.0859. The van der Waals surface area contributed by atoms with Crippen LogP contribution in [0.4, 0.5) is 0 Å². The van der Waals surface area contributed by atoms with Gasteiger partial charge in [0.2, 0.25) is 6.79 Å². The average Bonchev–Trinajstić information content (AvgIpc) is 2.74. The van der Waals surface area contributed by atoms with E-state index in [4.69, 9.17) is 14.6 Å². The molecule has 1 aliphatic rings. The highest BCUT2D eigenvalue weighted by Crippen LogP contribution is 2.40. The Balaban J connectivity index is 2.37. The van der Waals surface area contributed by atoms with Gasteiger partial charge in [-0.2, -0.15) is 0 Å². The summed E-state index contributed by atoms with van der Waals surface area (Å²) in [6, 6.07) is 3.87. The van der Waals surface area contributed by atoms with E-state index in [1.54, 1.807) is 0 Å². The van der Waals surface area contributed by atoms with Crippen LogP contribution in [0.3, 0.4) is 0 Å². The van der Waals surface area contributed by atoms with Gasteiger partial charge in [-0.05, 0) is 45.6 Å². The van der Waals surface area contributed by atoms with Gasteiger partial charge >= 0.3 is 0 Å². The van der Waals surface area contributed by atoms with Gasteiger partial charge in [-0.3, -0.25) is 0 Å². The molecule has 0 bridgehead atoms. The molecule has 0 spiro atoms. The van der Waals surface area contributed by atoms with Crippen LogP contribution in [0.1, 0.15) is 18.9 Å². The third-order valence-electron chi connectivity index (χ3n) is 2.48. The zero-order chi connectivity index (χ0) is 11.5. The summed E-state index contributed by atoms with van der Waals surface area (Å²) in [5.41, 5.74) is 1.99. The van der Waals surface area contributed by atoms with E-state index < -0.39 is 0 Å². The molecule has 1 heterocycles. The van der Waals surface area contributed by atoms with Crippen LogP contribution in [0.2, 0.25) is 0 Å². The fourth-order valence-electron chi connectivity index (χ4n) is 1.57. The lowest BCUT2D eigenvalue weighted by Crippen LogP contribution is -1.93. The highest BCUT2D eigenvalue weighted by Gasteiger charge is 2.17. The summed E-state index contributed by atoms with van der Waals surface area (Å²) in [5, 5.41) is 9.11. The Labute approximate surface area is 103 Å². The first-order chi connectivity index (χ1) is 7.74. The van der Waals surface area contributed by atoms with E-state index in [1.807, 2.05) is 25.1 Å². The average molecular weight is 285 g/mol. The molecule has 1 aliphatic heterocycles. The summed E-state index contributed by atoms with van der Waals surface area (Å²) in [5.74, 6) is 1.49. The van der Waals surface area contributed by atoms with E-state index in [-0.39, 0.29) is 13.4 Å². The quantitative estimate of drug-likeness (QED) is 0.928. The van der Waals surface area contributed by atoms with Crippen molar-refractivity contribution < 1.29 is 14.6 Å². The summed E-state index contributed by atoms with van der Waals surface area (Å²) in [6.07, 6.45) is 2.80. The molecule has 0 saturated carbocycles. The Hall–Kier alpha value is -1.00. The standard InChI is InChI=1S/C12H13BrO3/c1-2-8(6-14)3-9-4-10(13)12-11(5-9)15-7-16-12/h3-5,14H,2,6-7H2,1H3. The predicted molar refractivity (Wildman–Crippen MR) is 65.6 cm³/mol. The minimum Gasteiger partial charge on any atom is -0.454 e. The van der Waals surface area contributed by atoms with Crippen molar-refractivity contribution in [3.8, 4) is 11.5 Å². The monoisotopic (exact) mass is 284 g/mol. The number of aliphatic hydroxyl groups is 1. The second kappa shape index (κ2) is 4.89. The summed E-state index contributed by atoms with van der Waals surface area (Å²) < 4.78 is 11.5. The molecule has 2 rings (SSSR count). The lowest BCUT2D eigenvalue weighted by molar-refractivity contribution is 0.173. The van der Waals surface area contributed by atoms with Crippen LogP contribution >= 0.6 is 15.9 Å². The molecule has 0 unspecified atom stereocenters. The maximum atomic E-state index is 9.11. The Bertz CT molecular complexity index is 421. The number of aliphatic hydroxyl groups excluding tert-OH is 1. The smallest absolute Gasteiger partial charge is 0.231 e. The molecule has 16 heavy (non-hydrogen) atoms. The van der Waals surface area contributed by atoms with Gasteiger partial charge in [0, 0.05) is 0 Å². The first kappa shape index (κ1) is 11.5.